The number of para-hydroxylation sites is 1. The Morgan fingerprint density at radius 1 is 0.351 bits per heavy atom. The van der Waals surface area contributed by atoms with Crippen molar-refractivity contribution in [3.63, 3.8) is 0 Å². The van der Waals surface area contributed by atoms with Gasteiger partial charge < -0.3 is 0 Å². The molecule has 0 bridgehead atoms. The van der Waals surface area contributed by atoms with Gasteiger partial charge in [0.2, 0.25) is 5.95 Å². The van der Waals surface area contributed by atoms with Crippen LogP contribution in [0.25, 0.3) is 101 Å². The summed E-state index contributed by atoms with van der Waals surface area (Å²) in [5.74, 6) is 1.78. The highest BCUT2D eigenvalue weighted by molar-refractivity contribution is 6.11. The average Bonchev–Trinajstić information content (AvgIpc) is 3.97. The van der Waals surface area contributed by atoms with Crippen LogP contribution >= 0.6 is 0 Å². The first-order valence-electron chi connectivity index (χ1n) is 25.6. The summed E-state index contributed by atoms with van der Waals surface area (Å²) in [6, 6.07) is 91.8. The summed E-state index contributed by atoms with van der Waals surface area (Å²) in [7, 11) is 0. The first-order chi connectivity index (χ1) is 36.7. The maximum atomic E-state index is 5.51. The third-order valence-electron chi connectivity index (χ3n) is 15.2. The molecule has 0 N–H and O–H groups in total. The van der Waals surface area contributed by atoms with Crippen LogP contribution in [0, 0.1) is 0 Å². The Balaban J connectivity index is 0.970. The van der Waals surface area contributed by atoms with Crippen LogP contribution in [0.1, 0.15) is 35.1 Å². The third-order valence-corrected chi connectivity index (χ3v) is 15.2. The lowest BCUT2D eigenvalue weighted by Crippen LogP contribution is -2.30. The van der Waals surface area contributed by atoms with Crippen LogP contribution in [-0.2, 0) is 5.41 Å². The molecule has 0 aliphatic heterocycles. The molecule has 0 radical (unpaired) electrons. The minimum atomic E-state index is -0.490. The number of hydrogen-bond donors (Lipinski definition) is 0. The van der Waals surface area contributed by atoms with Crippen molar-refractivity contribution in [1.82, 2.24) is 19.5 Å². The van der Waals surface area contributed by atoms with Gasteiger partial charge in [0, 0.05) is 21.9 Å². The van der Waals surface area contributed by atoms with Crippen LogP contribution in [0.4, 0.5) is 0 Å². The molecule has 0 unspecified atom stereocenters. The normalized spacial score (nSPS) is 13.6. The van der Waals surface area contributed by atoms with Gasteiger partial charge in [0.25, 0.3) is 0 Å². The number of hydrogen-bond acceptors (Lipinski definition) is 3. The highest BCUT2D eigenvalue weighted by atomic mass is 15.2. The molecule has 2 heterocycles. The highest BCUT2D eigenvalue weighted by Crippen LogP contribution is 2.58. The number of aromatic nitrogens is 4. The van der Waals surface area contributed by atoms with E-state index in [0.717, 1.165) is 79.2 Å². The van der Waals surface area contributed by atoms with Crippen molar-refractivity contribution in [2.75, 3.05) is 0 Å². The van der Waals surface area contributed by atoms with E-state index < -0.39 is 5.41 Å². The van der Waals surface area contributed by atoms with Gasteiger partial charge in [-0.15, -0.1) is 0 Å². The standard InChI is InChI=1S/C70H48N4/c1-6-22-47(23-7-1)50-28-20-29-51(40-50)55-42-54(48-24-8-2-9-25-48)43-56(44-55)52-30-21-31-53(41-52)68-71-67(49-26-10-3-11-27-49)72-69(73-68)74-65-39-19-17-37-60(65)62-45-61-59-36-16-18-38-63(59)70(64(61)46-66(62)74,57-32-12-4-13-33-57)58-34-14-5-15-35-58/h1-17,19-37,39-46H,18,38H2. The third kappa shape index (κ3) is 7.25. The van der Waals surface area contributed by atoms with Gasteiger partial charge in [0.05, 0.1) is 16.4 Å². The predicted octanol–water partition coefficient (Wildman–Crippen LogP) is 17.4. The van der Waals surface area contributed by atoms with E-state index in [-0.39, 0.29) is 0 Å². The molecule has 0 fully saturated rings. The van der Waals surface area contributed by atoms with Gasteiger partial charge >= 0.3 is 0 Å². The fourth-order valence-electron chi connectivity index (χ4n) is 11.8. The van der Waals surface area contributed by atoms with Crippen LogP contribution in [0.5, 0.6) is 0 Å². The molecule has 348 valence electrons. The van der Waals surface area contributed by atoms with Crippen molar-refractivity contribution < 1.29 is 0 Å². The largest absolute Gasteiger partial charge is 0.278 e. The van der Waals surface area contributed by atoms with E-state index in [2.05, 4.69) is 253 Å². The zero-order valence-corrected chi connectivity index (χ0v) is 40.6. The number of rotatable bonds is 9. The molecule has 74 heavy (non-hydrogen) atoms. The molecular weight excluding hydrogens is 897 g/mol. The van der Waals surface area contributed by atoms with E-state index in [1.807, 2.05) is 18.2 Å². The first-order valence-corrected chi connectivity index (χ1v) is 25.6. The molecule has 4 heteroatoms. The molecule has 0 saturated heterocycles. The minimum absolute atomic E-state index is 0.490. The molecular formula is C70H48N4. The lowest BCUT2D eigenvalue weighted by Gasteiger charge is -2.36. The van der Waals surface area contributed by atoms with Crippen molar-refractivity contribution in [2.24, 2.45) is 0 Å². The van der Waals surface area contributed by atoms with Crippen LogP contribution in [0.3, 0.4) is 0 Å². The molecule has 14 rings (SSSR count). The topological polar surface area (TPSA) is 43.6 Å². The lowest BCUT2D eigenvalue weighted by atomic mass is 9.65. The fraction of sp³-hybridized carbons (Fsp3) is 0.0429. The number of allylic oxidation sites excluding steroid dienone is 4. The van der Waals surface area contributed by atoms with E-state index in [9.17, 15) is 0 Å². The summed E-state index contributed by atoms with van der Waals surface area (Å²) in [4.78, 5) is 16.2. The van der Waals surface area contributed by atoms with Crippen molar-refractivity contribution in [3.8, 4) is 73.2 Å². The van der Waals surface area contributed by atoms with E-state index in [4.69, 9.17) is 15.0 Å². The molecule has 12 aromatic rings. The average molecular weight is 945 g/mol. The number of nitrogens with zero attached hydrogens (tertiary/aromatic N) is 4. The molecule has 0 amide bonds. The number of benzene rings is 10. The van der Waals surface area contributed by atoms with E-state index >= 15 is 0 Å². The summed E-state index contributed by atoms with van der Waals surface area (Å²) in [6.45, 7) is 0. The van der Waals surface area contributed by atoms with Crippen molar-refractivity contribution in [2.45, 2.75) is 18.3 Å². The Bertz CT molecular complexity index is 4120. The van der Waals surface area contributed by atoms with Crippen LogP contribution in [0.2, 0.25) is 0 Å². The predicted molar refractivity (Wildman–Crippen MR) is 305 cm³/mol. The molecule has 10 aromatic carbocycles. The smallest absolute Gasteiger partial charge is 0.238 e. The van der Waals surface area contributed by atoms with Crippen LogP contribution < -0.4 is 0 Å². The van der Waals surface area contributed by atoms with Crippen molar-refractivity contribution >= 4 is 27.4 Å². The second-order valence-electron chi connectivity index (χ2n) is 19.4. The van der Waals surface area contributed by atoms with Gasteiger partial charge in [0.1, 0.15) is 0 Å². The molecule has 0 saturated carbocycles. The van der Waals surface area contributed by atoms with E-state index in [1.54, 1.807) is 0 Å². The molecule has 2 aliphatic rings. The summed E-state index contributed by atoms with van der Waals surface area (Å²) >= 11 is 0. The molecule has 4 nitrogen and oxygen atoms in total. The van der Waals surface area contributed by atoms with E-state index in [1.165, 1.54) is 44.5 Å². The SMILES string of the molecule is C1=CC2=C(CC1)C(c1ccccc1)(c1ccccc1)c1cc3c(cc12)c1ccccc1n3-c1nc(-c2ccccc2)nc(-c2cccc(-c3cc(-c4ccccc4)cc(-c4cccc(-c5ccccc5)c4)c3)c2)n1. The van der Waals surface area contributed by atoms with Gasteiger partial charge in [-0.25, -0.2) is 4.98 Å². The van der Waals surface area contributed by atoms with Gasteiger partial charge in [0.15, 0.2) is 11.6 Å². The second-order valence-corrected chi connectivity index (χ2v) is 19.4. The summed E-state index contributed by atoms with van der Waals surface area (Å²) in [5.41, 5.74) is 20.5. The monoisotopic (exact) mass is 944 g/mol. The maximum absolute atomic E-state index is 5.51. The highest BCUT2D eigenvalue weighted by Gasteiger charge is 2.48. The zero-order valence-electron chi connectivity index (χ0n) is 40.6. The molecule has 2 aromatic heterocycles. The van der Waals surface area contributed by atoms with Gasteiger partial charge in [-0.3, -0.25) is 4.57 Å². The molecule has 2 aliphatic carbocycles. The Kier molecular flexibility index (Phi) is 10.5. The Morgan fingerprint density at radius 3 is 1.43 bits per heavy atom. The van der Waals surface area contributed by atoms with E-state index in [0.29, 0.717) is 17.6 Å². The van der Waals surface area contributed by atoms with Gasteiger partial charge in [-0.05, 0) is 139 Å². The molecule has 0 spiro atoms. The first kappa shape index (κ1) is 43.3. The maximum Gasteiger partial charge on any atom is 0.238 e. The summed E-state index contributed by atoms with van der Waals surface area (Å²) in [6.07, 6.45) is 6.70. The molecule has 0 atom stereocenters. The Labute approximate surface area is 431 Å². The van der Waals surface area contributed by atoms with Crippen molar-refractivity contribution in [3.05, 3.63) is 295 Å². The minimum Gasteiger partial charge on any atom is -0.278 e. The van der Waals surface area contributed by atoms with Crippen molar-refractivity contribution in [1.29, 1.82) is 0 Å². The van der Waals surface area contributed by atoms with Gasteiger partial charge in [-0.2, -0.15) is 9.97 Å². The van der Waals surface area contributed by atoms with Gasteiger partial charge in [-0.1, -0.05) is 218 Å². The number of fused-ring (bicyclic) bond motifs is 5. The quantitative estimate of drug-likeness (QED) is 0.145. The zero-order chi connectivity index (χ0) is 49.0. The Hall–Kier alpha value is -9.51. The van der Waals surface area contributed by atoms with Crippen LogP contribution in [0.15, 0.2) is 273 Å². The lowest BCUT2D eigenvalue weighted by molar-refractivity contribution is 0.697. The second kappa shape index (κ2) is 18.0. The van der Waals surface area contributed by atoms with Crippen LogP contribution in [-0.4, -0.2) is 19.5 Å². The fourth-order valence-corrected chi connectivity index (χ4v) is 11.8. The summed E-state index contributed by atoms with van der Waals surface area (Å²) < 4.78 is 2.28. The summed E-state index contributed by atoms with van der Waals surface area (Å²) in [5, 5.41) is 2.31. The Morgan fingerprint density at radius 2 is 0.811 bits per heavy atom.